The summed E-state index contributed by atoms with van der Waals surface area (Å²) < 4.78 is 5.54. The molecule has 19 heavy (non-hydrogen) atoms. The Morgan fingerprint density at radius 3 is 2.37 bits per heavy atom. The molecule has 0 aromatic rings. The van der Waals surface area contributed by atoms with Crippen molar-refractivity contribution in [3.05, 3.63) is 0 Å². The highest BCUT2D eigenvalue weighted by Crippen LogP contribution is 2.46. The molecule has 0 bridgehead atoms. The molecule has 1 N–H and O–H groups in total. The van der Waals surface area contributed by atoms with Gasteiger partial charge < -0.3 is 15.0 Å². The van der Waals surface area contributed by atoms with Crippen molar-refractivity contribution in [3.8, 4) is 0 Å². The molecule has 0 aliphatic carbocycles. The highest BCUT2D eigenvalue weighted by molar-refractivity contribution is 5.81. The quantitative estimate of drug-likeness (QED) is 0.473. The van der Waals surface area contributed by atoms with E-state index in [0.717, 1.165) is 32.1 Å². The summed E-state index contributed by atoms with van der Waals surface area (Å²) in [4.78, 5) is 6.75. The van der Waals surface area contributed by atoms with E-state index in [0.29, 0.717) is 11.5 Å². The average Bonchev–Trinajstić information content (AvgIpc) is 2.31. The van der Waals surface area contributed by atoms with Crippen molar-refractivity contribution >= 4 is 5.96 Å². The van der Waals surface area contributed by atoms with E-state index >= 15 is 0 Å². The van der Waals surface area contributed by atoms with Crippen LogP contribution in [0.15, 0.2) is 4.99 Å². The third-order valence-corrected chi connectivity index (χ3v) is 4.41. The van der Waals surface area contributed by atoms with Crippen LogP contribution in [-0.4, -0.2) is 49.2 Å². The number of ether oxygens (including phenoxy) is 1. The number of hydrogen-bond donors (Lipinski definition) is 1. The Morgan fingerprint density at radius 1 is 1.32 bits per heavy atom. The molecule has 0 amide bonds. The fourth-order valence-electron chi connectivity index (χ4n) is 2.29. The van der Waals surface area contributed by atoms with Crippen molar-refractivity contribution in [2.45, 2.75) is 59.6 Å². The van der Waals surface area contributed by atoms with E-state index in [2.05, 4.69) is 56.8 Å². The molecular formula is C15H31N3O. The van der Waals surface area contributed by atoms with Crippen LogP contribution in [0.1, 0.15) is 48.0 Å². The first-order valence-electron chi connectivity index (χ1n) is 7.32. The molecule has 4 heteroatoms. The highest BCUT2D eigenvalue weighted by atomic mass is 16.5. The minimum Gasteiger partial charge on any atom is -0.379 e. The molecule has 4 nitrogen and oxygen atoms in total. The van der Waals surface area contributed by atoms with Crippen LogP contribution < -0.4 is 5.32 Å². The maximum atomic E-state index is 5.54. The van der Waals surface area contributed by atoms with Crippen LogP contribution in [0.5, 0.6) is 0 Å². The summed E-state index contributed by atoms with van der Waals surface area (Å²) >= 11 is 0. The van der Waals surface area contributed by atoms with Crippen LogP contribution in [0.4, 0.5) is 0 Å². The SMILES string of the molecule is CN=C(NCCCOC(C)C)N1CC(C)(C)C1(C)C. The lowest BCUT2D eigenvalue weighted by Gasteiger charge is -2.62. The zero-order chi connectivity index (χ0) is 14.7. The van der Waals surface area contributed by atoms with Gasteiger partial charge in [-0.15, -0.1) is 0 Å². The highest BCUT2D eigenvalue weighted by Gasteiger charge is 2.53. The van der Waals surface area contributed by atoms with Crippen molar-refractivity contribution in [1.82, 2.24) is 10.2 Å². The maximum absolute atomic E-state index is 5.54. The molecule has 1 aliphatic heterocycles. The van der Waals surface area contributed by atoms with Gasteiger partial charge in [-0.1, -0.05) is 13.8 Å². The third-order valence-electron chi connectivity index (χ3n) is 4.41. The van der Waals surface area contributed by atoms with Gasteiger partial charge in [-0.25, -0.2) is 0 Å². The summed E-state index contributed by atoms with van der Waals surface area (Å²) in [6.07, 6.45) is 1.32. The number of nitrogens with zero attached hydrogens (tertiary/aromatic N) is 2. The maximum Gasteiger partial charge on any atom is 0.194 e. The molecule has 0 spiro atoms. The van der Waals surface area contributed by atoms with E-state index in [1.165, 1.54) is 0 Å². The largest absolute Gasteiger partial charge is 0.379 e. The fraction of sp³-hybridized carbons (Fsp3) is 0.933. The Morgan fingerprint density at radius 2 is 1.95 bits per heavy atom. The first-order chi connectivity index (χ1) is 8.72. The Kier molecular flexibility index (Phi) is 5.25. The number of likely N-dealkylation sites (tertiary alicyclic amines) is 1. The zero-order valence-electron chi connectivity index (χ0n) is 13.7. The first kappa shape index (κ1) is 16.3. The minimum atomic E-state index is 0.156. The monoisotopic (exact) mass is 269 g/mol. The zero-order valence-corrected chi connectivity index (χ0v) is 13.7. The van der Waals surface area contributed by atoms with Crippen molar-refractivity contribution in [3.63, 3.8) is 0 Å². The predicted octanol–water partition coefficient (Wildman–Crippen LogP) is 2.50. The second kappa shape index (κ2) is 6.12. The van der Waals surface area contributed by atoms with Gasteiger partial charge in [0.05, 0.1) is 6.10 Å². The van der Waals surface area contributed by atoms with Crippen LogP contribution in [0, 0.1) is 5.41 Å². The number of guanidine groups is 1. The van der Waals surface area contributed by atoms with Crippen LogP contribution in [0.2, 0.25) is 0 Å². The van der Waals surface area contributed by atoms with Gasteiger partial charge in [-0.2, -0.15) is 0 Å². The summed E-state index contributed by atoms with van der Waals surface area (Å²) in [6, 6.07) is 0. The van der Waals surface area contributed by atoms with Crippen molar-refractivity contribution in [1.29, 1.82) is 0 Å². The molecule has 0 aromatic carbocycles. The topological polar surface area (TPSA) is 36.9 Å². The number of nitrogens with one attached hydrogen (secondary N) is 1. The van der Waals surface area contributed by atoms with Crippen LogP contribution in [0.3, 0.4) is 0 Å². The molecule has 0 unspecified atom stereocenters. The molecule has 1 aliphatic rings. The van der Waals surface area contributed by atoms with Crippen molar-refractivity contribution in [2.24, 2.45) is 10.4 Å². The number of aliphatic imine (C=N–C) groups is 1. The molecular weight excluding hydrogens is 238 g/mol. The summed E-state index contributed by atoms with van der Waals surface area (Å²) in [5, 5.41) is 3.43. The van der Waals surface area contributed by atoms with Gasteiger partial charge in [-0.3, -0.25) is 4.99 Å². The van der Waals surface area contributed by atoms with E-state index in [1.54, 1.807) is 0 Å². The van der Waals surface area contributed by atoms with Gasteiger partial charge in [0.2, 0.25) is 0 Å². The summed E-state index contributed by atoms with van der Waals surface area (Å²) in [6.45, 7) is 16.1. The molecule has 0 atom stereocenters. The Labute approximate surface area is 118 Å². The first-order valence-corrected chi connectivity index (χ1v) is 7.32. The van der Waals surface area contributed by atoms with Crippen molar-refractivity contribution < 1.29 is 4.74 Å². The van der Waals surface area contributed by atoms with Crippen LogP contribution in [-0.2, 0) is 4.74 Å². The van der Waals surface area contributed by atoms with Crippen molar-refractivity contribution in [2.75, 3.05) is 26.7 Å². The van der Waals surface area contributed by atoms with Gasteiger partial charge in [0.15, 0.2) is 5.96 Å². The third kappa shape index (κ3) is 3.62. The Bertz CT molecular complexity index is 321. The summed E-state index contributed by atoms with van der Waals surface area (Å²) in [5.41, 5.74) is 0.495. The molecule has 0 radical (unpaired) electrons. The minimum absolute atomic E-state index is 0.156. The molecule has 1 saturated heterocycles. The predicted molar refractivity (Wildman–Crippen MR) is 81.6 cm³/mol. The molecule has 1 rings (SSSR count). The molecule has 0 saturated carbocycles. The Hall–Kier alpha value is -0.770. The normalized spacial score (nSPS) is 21.5. The van der Waals surface area contributed by atoms with E-state index in [1.807, 2.05) is 7.05 Å². The second-order valence-electron chi connectivity index (χ2n) is 6.78. The van der Waals surface area contributed by atoms with E-state index in [-0.39, 0.29) is 5.54 Å². The second-order valence-corrected chi connectivity index (χ2v) is 6.78. The van der Waals surface area contributed by atoms with E-state index in [4.69, 9.17) is 4.74 Å². The summed E-state index contributed by atoms with van der Waals surface area (Å²) in [5.74, 6) is 1.01. The van der Waals surface area contributed by atoms with Crippen LogP contribution in [0.25, 0.3) is 0 Å². The Balaban J connectivity index is 2.37. The average molecular weight is 269 g/mol. The van der Waals surface area contributed by atoms with Gasteiger partial charge in [0.1, 0.15) is 0 Å². The lowest BCUT2D eigenvalue weighted by Crippen LogP contribution is -2.72. The number of rotatable bonds is 5. The number of hydrogen-bond acceptors (Lipinski definition) is 2. The summed E-state index contributed by atoms with van der Waals surface area (Å²) in [7, 11) is 1.86. The molecule has 0 aromatic heterocycles. The lowest BCUT2D eigenvalue weighted by molar-refractivity contribution is -0.0667. The van der Waals surface area contributed by atoms with Crippen LogP contribution >= 0.6 is 0 Å². The fourth-order valence-corrected chi connectivity index (χ4v) is 2.29. The van der Waals surface area contributed by atoms with Gasteiger partial charge >= 0.3 is 0 Å². The van der Waals surface area contributed by atoms with Gasteiger partial charge in [-0.05, 0) is 34.1 Å². The molecule has 112 valence electrons. The smallest absolute Gasteiger partial charge is 0.194 e. The van der Waals surface area contributed by atoms with Gasteiger partial charge in [0, 0.05) is 37.7 Å². The molecule has 1 heterocycles. The van der Waals surface area contributed by atoms with Gasteiger partial charge in [0.25, 0.3) is 0 Å². The standard InChI is InChI=1S/C15H31N3O/c1-12(2)19-10-8-9-17-13(16-7)18-11-14(3,4)15(18,5)6/h12H,8-11H2,1-7H3,(H,16,17). The van der Waals surface area contributed by atoms with E-state index < -0.39 is 0 Å². The lowest BCUT2D eigenvalue weighted by atomic mass is 9.65. The molecule has 1 fully saturated rings. The van der Waals surface area contributed by atoms with E-state index in [9.17, 15) is 0 Å².